The fraction of sp³-hybridized carbons (Fsp3) is 0.538. The molecule has 1 N–H and O–H groups in total. The number of likely N-dealkylation sites (N-methyl/N-ethyl adjacent to an activating group) is 1. The molecule has 0 aromatic carbocycles. The number of hydrogen-bond acceptors (Lipinski definition) is 4. The molecule has 1 aliphatic heterocycles. The largest absolute Gasteiger partial charge is 0.347 e. The van der Waals surface area contributed by atoms with Crippen molar-refractivity contribution in [2.24, 2.45) is 0 Å². The van der Waals surface area contributed by atoms with Crippen molar-refractivity contribution in [3.05, 3.63) is 18.2 Å². The standard InChI is InChI=1S/C13H19N5O3/c1-16(8-10-14-5-6-15-10)11(19)4-3-7-18-12(20)9-17(2)13(18)21/h5-6H,3-4,7-9H2,1-2H3,(H,14,15). The molecule has 1 aromatic rings. The molecule has 0 radical (unpaired) electrons. The number of aromatic nitrogens is 2. The molecule has 1 aromatic heterocycles. The molecule has 0 spiro atoms. The highest BCUT2D eigenvalue weighted by Crippen LogP contribution is 2.10. The summed E-state index contributed by atoms with van der Waals surface area (Å²) in [6, 6.07) is -0.295. The minimum absolute atomic E-state index is 0.0427. The molecule has 1 saturated heterocycles. The Morgan fingerprint density at radius 2 is 2.24 bits per heavy atom. The predicted molar refractivity (Wildman–Crippen MR) is 74.0 cm³/mol. The summed E-state index contributed by atoms with van der Waals surface area (Å²) in [6.07, 6.45) is 4.09. The van der Waals surface area contributed by atoms with Crippen molar-refractivity contribution in [1.29, 1.82) is 0 Å². The van der Waals surface area contributed by atoms with Gasteiger partial charge >= 0.3 is 6.03 Å². The zero-order chi connectivity index (χ0) is 15.4. The fourth-order valence-corrected chi connectivity index (χ4v) is 2.17. The van der Waals surface area contributed by atoms with Gasteiger partial charge in [0, 0.05) is 39.5 Å². The number of imidazole rings is 1. The fourth-order valence-electron chi connectivity index (χ4n) is 2.17. The lowest BCUT2D eigenvalue weighted by Gasteiger charge is -2.17. The third-order valence-corrected chi connectivity index (χ3v) is 3.37. The van der Waals surface area contributed by atoms with E-state index in [1.165, 1.54) is 9.80 Å². The van der Waals surface area contributed by atoms with Crippen molar-refractivity contribution in [2.75, 3.05) is 27.2 Å². The maximum Gasteiger partial charge on any atom is 0.326 e. The maximum atomic E-state index is 12.0. The molecule has 21 heavy (non-hydrogen) atoms. The summed E-state index contributed by atoms with van der Waals surface area (Å²) in [6.45, 7) is 0.809. The SMILES string of the molecule is CN(Cc1ncc[nH]1)C(=O)CCCN1C(=O)CN(C)C1=O. The van der Waals surface area contributed by atoms with Gasteiger partial charge in [-0.05, 0) is 6.42 Å². The third-order valence-electron chi connectivity index (χ3n) is 3.37. The lowest BCUT2D eigenvalue weighted by atomic mass is 10.2. The minimum Gasteiger partial charge on any atom is -0.347 e. The van der Waals surface area contributed by atoms with Crippen LogP contribution in [0.25, 0.3) is 0 Å². The van der Waals surface area contributed by atoms with Crippen molar-refractivity contribution < 1.29 is 14.4 Å². The number of carbonyl (C=O) groups is 3. The zero-order valence-electron chi connectivity index (χ0n) is 12.2. The van der Waals surface area contributed by atoms with Crippen LogP contribution >= 0.6 is 0 Å². The summed E-state index contributed by atoms with van der Waals surface area (Å²) >= 11 is 0. The van der Waals surface area contributed by atoms with Crippen molar-refractivity contribution in [1.82, 2.24) is 24.7 Å². The molecule has 2 heterocycles. The zero-order valence-corrected chi connectivity index (χ0v) is 12.2. The van der Waals surface area contributed by atoms with Gasteiger partial charge in [0.25, 0.3) is 0 Å². The minimum atomic E-state index is -0.295. The molecule has 1 fully saturated rings. The first-order valence-electron chi connectivity index (χ1n) is 6.76. The Morgan fingerprint density at radius 3 is 2.81 bits per heavy atom. The second-order valence-corrected chi connectivity index (χ2v) is 5.07. The molecule has 8 heteroatoms. The van der Waals surface area contributed by atoms with Gasteiger partial charge in [0.15, 0.2) is 0 Å². The Balaban J connectivity index is 1.74. The van der Waals surface area contributed by atoms with Crippen molar-refractivity contribution in [3.8, 4) is 0 Å². The first kappa shape index (κ1) is 15.0. The van der Waals surface area contributed by atoms with E-state index in [0.29, 0.717) is 13.0 Å². The average molecular weight is 293 g/mol. The Bertz CT molecular complexity index is 528. The van der Waals surface area contributed by atoms with Crippen LogP contribution < -0.4 is 0 Å². The second kappa shape index (κ2) is 6.38. The van der Waals surface area contributed by atoms with Crippen LogP contribution in [0.1, 0.15) is 18.7 Å². The third kappa shape index (κ3) is 3.59. The molecule has 0 atom stereocenters. The summed E-state index contributed by atoms with van der Waals surface area (Å²) in [4.78, 5) is 46.3. The van der Waals surface area contributed by atoms with Gasteiger partial charge in [-0.15, -0.1) is 0 Å². The van der Waals surface area contributed by atoms with Crippen LogP contribution in [0, 0.1) is 0 Å². The smallest absolute Gasteiger partial charge is 0.326 e. The van der Waals surface area contributed by atoms with Gasteiger partial charge in [0.2, 0.25) is 11.8 Å². The van der Waals surface area contributed by atoms with Crippen LogP contribution in [0.3, 0.4) is 0 Å². The molecule has 4 amide bonds. The molecule has 0 saturated carbocycles. The van der Waals surface area contributed by atoms with Gasteiger partial charge in [0.1, 0.15) is 12.4 Å². The Hall–Kier alpha value is -2.38. The molecular weight excluding hydrogens is 274 g/mol. The van der Waals surface area contributed by atoms with Gasteiger partial charge in [0.05, 0.1) is 6.54 Å². The molecule has 0 aliphatic carbocycles. The first-order chi connectivity index (χ1) is 9.99. The number of urea groups is 1. The number of nitrogens with one attached hydrogen (secondary N) is 1. The number of rotatable bonds is 6. The van der Waals surface area contributed by atoms with E-state index in [4.69, 9.17) is 0 Å². The predicted octanol–water partition coefficient (Wildman–Crippen LogP) is 0.0423. The van der Waals surface area contributed by atoms with E-state index in [2.05, 4.69) is 9.97 Å². The molecule has 1 aliphatic rings. The van der Waals surface area contributed by atoms with Crippen molar-refractivity contribution in [3.63, 3.8) is 0 Å². The Labute approximate surface area is 122 Å². The lowest BCUT2D eigenvalue weighted by Crippen LogP contribution is -2.33. The van der Waals surface area contributed by atoms with Crippen LogP contribution in [0.5, 0.6) is 0 Å². The lowest BCUT2D eigenvalue weighted by molar-refractivity contribution is -0.131. The van der Waals surface area contributed by atoms with Crippen LogP contribution in [-0.2, 0) is 16.1 Å². The van der Waals surface area contributed by atoms with Gasteiger partial charge < -0.3 is 14.8 Å². The highest BCUT2D eigenvalue weighted by atomic mass is 16.2. The molecular formula is C13H19N5O3. The molecule has 0 bridgehead atoms. The van der Waals surface area contributed by atoms with E-state index in [1.54, 1.807) is 31.4 Å². The number of hydrogen-bond donors (Lipinski definition) is 1. The van der Waals surface area contributed by atoms with E-state index in [9.17, 15) is 14.4 Å². The molecule has 8 nitrogen and oxygen atoms in total. The van der Waals surface area contributed by atoms with Gasteiger partial charge in [-0.2, -0.15) is 0 Å². The van der Waals surface area contributed by atoms with Crippen molar-refractivity contribution >= 4 is 17.8 Å². The summed E-state index contributed by atoms with van der Waals surface area (Å²) in [5, 5.41) is 0. The van der Waals surface area contributed by atoms with Crippen molar-refractivity contribution in [2.45, 2.75) is 19.4 Å². The van der Waals surface area contributed by atoms with E-state index >= 15 is 0 Å². The number of carbonyl (C=O) groups excluding carboxylic acids is 3. The number of amides is 4. The van der Waals surface area contributed by atoms with E-state index in [-0.39, 0.29) is 37.4 Å². The van der Waals surface area contributed by atoms with Gasteiger partial charge in [-0.1, -0.05) is 0 Å². The number of imide groups is 1. The van der Waals surface area contributed by atoms with Crippen LogP contribution in [0.2, 0.25) is 0 Å². The summed E-state index contributed by atoms with van der Waals surface area (Å²) < 4.78 is 0. The average Bonchev–Trinajstić information content (AvgIpc) is 3.02. The van der Waals surface area contributed by atoms with Crippen LogP contribution in [-0.4, -0.2) is 69.7 Å². The van der Waals surface area contributed by atoms with E-state index in [0.717, 1.165) is 5.82 Å². The number of nitrogens with zero attached hydrogens (tertiary/aromatic N) is 4. The molecule has 114 valence electrons. The molecule has 0 unspecified atom stereocenters. The Morgan fingerprint density at radius 1 is 1.48 bits per heavy atom. The topological polar surface area (TPSA) is 89.6 Å². The number of H-pyrrole nitrogens is 1. The quantitative estimate of drug-likeness (QED) is 0.750. The summed E-state index contributed by atoms with van der Waals surface area (Å²) in [7, 11) is 3.29. The summed E-state index contributed by atoms with van der Waals surface area (Å²) in [5.74, 6) is 0.468. The molecule has 2 rings (SSSR count). The van der Waals surface area contributed by atoms with Gasteiger partial charge in [-0.25, -0.2) is 9.78 Å². The first-order valence-corrected chi connectivity index (χ1v) is 6.76. The second-order valence-electron chi connectivity index (χ2n) is 5.07. The highest BCUT2D eigenvalue weighted by Gasteiger charge is 2.32. The normalized spacial score (nSPS) is 15.0. The van der Waals surface area contributed by atoms with Crippen LogP contribution in [0.4, 0.5) is 4.79 Å². The van der Waals surface area contributed by atoms with Crippen LogP contribution in [0.15, 0.2) is 12.4 Å². The highest BCUT2D eigenvalue weighted by molar-refractivity contribution is 6.01. The number of aromatic amines is 1. The maximum absolute atomic E-state index is 12.0. The monoisotopic (exact) mass is 293 g/mol. The summed E-state index contributed by atoms with van der Waals surface area (Å²) in [5.41, 5.74) is 0. The van der Waals surface area contributed by atoms with E-state index in [1.807, 2.05) is 0 Å². The van der Waals surface area contributed by atoms with Gasteiger partial charge in [-0.3, -0.25) is 14.5 Å². The van der Waals surface area contributed by atoms with E-state index < -0.39 is 0 Å². The Kier molecular flexibility index (Phi) is 4.56.